The second kappa shape index (κ2) is 6.62. The number of aliphatic hydroxyl groups excluding tert-OH is 2. The van der Waals surface area contributed by atoms with Gasteiger partial charge in [-0.05, 0) is 18.5 Å². The fraction of sp³-hybridized carbons (Fsp3) is 0.364. The third-order valence-corrected chi connectivity index (χ3v) is 2.65. The molecular weight excluding hydrogens is 268 g/mol. The number of Topliss-reactive ketones (excluding diaryl/α,β-unsaturated/α-hetero) is 1. The molecule has 0 aliphatic rings. The summed E-state index contributed by atoms with van der Waals surface area (Å²) in [5.74, 6) is -0.358. The first-order valence-electron chi connectivity index (χ1n) is 5.54. The molecule has 1 aromatic carbocycles. The van der Waals surface area contributed by atoms with Gasteiger partial charge in [-0.3, -0.25) is 14.9 Å². The Bertz CT molecular complexity index is 582. The van der Waals surface area contributed by atoms with Crippen LogP contribution in [0.5, 0.6) is 0 Å². The molecule has 2 atom stereocenters. The summed E-state index contributed by atoms with van der Waals surface area (Å²) in [5, 5.41) is 33.5. The van der Waals surface area contributed by atoms with Crippen molar-refractivity contribution in [3.63, 3.8) is 0 Å². The Morgan fingerprint density at radius 2 is 2.20 bits per heavy atom. The summed E-state index contributed by atoms with van der Waals surface area (Å²) in [6, 6.07) is 3.54. The standard InChI is InChI=1S/C11H12N4O5/c1-6(16)7-2-3-8(9(4-7)15(19)20)11(18)10(17)5-13-14-12/h2-4,10-11,17-18H,5H2,1H3. The third-order valence-electron chi connectivity index (χ3n) is 2.65. The second-order valence-corrected chi connectivity index (χ2v) is 4.01. The number of nitro benzene ring substituents is 1. The van der Waals surface area contributed by atoms with Gasteiger partial charge in [0.05, 0.1) is 23.1 Å². The molecule has 0 aromatic heterocycles. The van der Waals surface area contributed by atoms with Crippen molar-refractivity contribution in [3.8, 4) is 0 Å². The summed E-state index contributed by atoms with van der Waals surface area (Å²) in [6.07, 6.45) is -3.07. The molecule has 0 saturated heterocycles. The number of ketones is 1. The molecule has 0 aliphatic carbocycles. The first kappa shape index (κ1) is 15.6. The van der Waals surface area contributed by atoms with Crippen molar-refractivity contribution in [1.29, 1.82) is 0 Å². The summed E-state index contributed by atoms with van der Waals surface area (Å²) < 4.78 is 0. The SMILES string of the molecule is CC(=O)c1ccc(C(O)C(O)CN=[N+]=[N-])c([N+](=O)[O-])c1. The summed E-state index contributed by atoms with van der Waals surface area (Å²) >= 11 is 0. The van der Waals surface area contributed by atoms with Crippen LogP contribution in [0.1, 0.15) is 28.9 Å². The molecule has 106 valence electrons. The van der Waals surface area contributed by atoms with Gasteiger partial charge in [-0.25, -0.2) is 0 Å². The molecule has 0 aliphatic heterocycles. The van der Waals surface area contributed by atoms with E-state index in [1.54, 1.807) is 0 Å². The van der Waals surface area contributed by atoms with Gasteiger partial charge in [0.1, 0.15) is 6.10 Å². The van der Waals surface area contributed by atoms with Gasteiger partial charge in [-0.2, -0.15) is 0 Å². The van der Waals surface area contributed by atoms with Crippen molar-refractivity contribution in [2.24, 2.45) is 5.11 Å². The molecule has 20 heavy (non-hydrogen) atoms. The molecule has 0 amide bonds. The lowest BCUT2D eigenvalue weighted by Gasteiger charge is -2.16. The first-order chi connectivity index (χ1) is 9.38. The lowest BCUT2D eigenvalue weighted by molar-refractivity contribution is -0.386. The molecule has 9 nitrogen and oxygen atoms in total. The van der Waals surface area contributed by atoms with Gasteiger partial charge in [0, 0.05) is 16.5 Å². The van der Waals surface area contributed by atoms with E-state index in [0.717, 1.165) is 6.07 Å². The van der Waals surface area contributed by atoms with E-state index >= 15 is 0 Å². The number of carbonyl (C=O) groups excluding carboxylic acids is 1. The van der Waals surface area contributed by atoms with Gasteiger partial charge in [0.25, 0.3) is 5.69 Å². The number of azide groups is 1. The van der Waals surface area contributed by atoms with E-state index in [0.29, 0.717) is 0 Å². The van der Waals surface area contributed by atoms with Gasteiger partial charge >= 0.3 is 0 Å². The number of benzene rings is 1. The van der Waals surface area contributed by atoms with Crippen molar-refractivity contribution in [1.82, 2.24) is 0 Å². The summed E-state index contributed by atoms with van der Waals surface area (Å²) in [6.45, 7) is 0.828. The Hall–Kier alpha value is -2.48. The van der Waals surface area contributed by atoms with E-state index in [4.69, 9.17) is 5.53 Å². The maximum atomic E-state index is 11.2. The normalized spacial score (nSPS) is 13.2. The van der Waals surface area contributed by atoms with Gasteiger partial charge in [-0.1, -0.05) is 11.2 Å². The van der Waals surface area contributed by atoms with E-state index in [1.165, 1.54) is 19.1 Å². The number of aliphatic hydroxyl groups is 2. The van der Waals surface area contributed by atoms with Gasteiger partial charge < -0.3 is 10.2 Å². The average molecular weight is 280 g/mol. The Morgan fingerprint density at radius 3 is 2.70 bits per heavy atom. The number of nitrogens with zero attached hydrogens (tertiary/aromatic N) is 4. The number of rotatable bonds is 6. The fourth-order valence-electron chi connectivity index (χ4n) is 1.60. The van der Waals surface area contributed by atoms with E-state index in [-0.39, 0.29) is 16.9 Å². The minimum Gasteiger partial charge on any atom is -0.390 e. The van der Waals surface area contributed by atoms with E-state index in [2.05, 4.69) is 10.0 Å². The van der Waals surface area contributed by atoms with Crippen LogP contribution < -0.4 is 0 Å². The molecule has 0 saturated carbocycles. The Labute approximate surface area is 113 Å². The molecular formula is C11H12N4O5. The highest BCUT2D eigenvalue weighted by Gasteiger charge is 2.26. The van der Waals surface area contributed by atoms with Crippen LogP contribution in [0.3, 0.4) is 0 Å². The minimum absolute atomic E-state index is 0.122. The number of carbonyl (C=O) groups is 1. The van der Waals surface area contributed by atoms with Crippen molar-refractivity contribution in [2.45, 2.75) is 19.1 Å². The highest BCUT2D eigenvalue weighted by Crippen LogP contribution is 2.28. The van der Waals surface area contributed by atoms with Crippen molar-refractivity contribution < 1.29 is 19.9 Å². The smallest absolute Gasteiger partial charge is 0.276 e. The Balaban J connectivity index is 3.19. The van der Waals surface area contributed by atoms with Crippen molar-refractivity contribution >= 4 is 11.5 Å². The molecule has 0 radical (unpaired) electrons. The minimum atomic E-state index is -1.60. The van der Waals surface area contributed by atoms with Crippen LogP contribution in [-0.2, 0) is 0 Å². The molecule has 0 heterocycles. The van der Waals surface area contributed by atoms with Crippen LogP contribution in [0.2, 0.25) is 0 Å². The Morgan fingerprint density at radius 1 is 1.55 bits per heavy atom. The maximum absolute atomic E-state index is 11.2. The predicted molar refractivity (Wildman–Crippen MR) is 68.1 cm³/mol. The monoisotopic (exact) mass is 280 g/mol. The molecule has 9 heteroatoms. The molecule has 1 rings (SSSR count). The maximum Gasteiger partial charge on any atom is 0.276 e. The lowest BCUT2D eigenvalue weighted by Crippen LogP contribution is -2.22. The zero-order chi connectivity index (χ0) is 15.3. The van der Waals surface area contributed by atoms with E-state index in [1.807, 2.05) is 0 Å². The number of hydrogen-bond acceptors (Lipinski definition) is 6. The third kappa shape index (κ3) is 3.51. The van der Waals surface area contributed by atoms with Gasteiger partial charge in [0.15, 0.2) is 5.78 Å². The van der Waals surface area contributed by atoms with Gasteiger partial charge in [0.2, 0.25) is 0 Å². The van der Waals surface area contributed by atoms with Crippen molar-refractivity contribution in [3.05, 3.63) is 49.9 Å². The van der Waals surface area contributed by atoms with Crippen LogP contribution in [0.15, 0.2) is 23.3 Å². The zero-order valence-electron chi connectivity index (χ0n) is 10.5. The lowest BCUT2D eigenvalue weighted by atomic mass is 9.99. The molecule has 0 fully saturated rings. The highest BCUT2D eigenvalue weighted by atomic mass is 16.6. The second-order valence-electron chi connectivity index (χ2n) is 4.01. The largest absolute Gasteiger partial charge is 0.390 e. The van der Waals surface area contributed by atoms with Crippen LogP contribution >= 0.6 is 0 Å². The van der Waals surface area contributed by atoms with Crippen LogP contribution in [-0.4, -0.2) is 33.6 Å². The summed E-state index contributed by atoms with van der Waals surface area (Å²) in [4.78, 5) is 23.8. The van der Waals surface area contributed by atoms with Crippen LogP contribution in [0.4, 0.5) is 5.69 Å². The topological polar surface area (TPSA) is 149 Å². The molecule has 0 bridgehead atoms. The van der Waals surface area contributed by atoms with Gasteiger partial charge in [-0.15, -0.1) is 0 Å². The number of hydrogen-bond donors (Lipinski definition) is 2. The molecule has 1 aromatic rings. The van der Waals surface area contributed by atoms with E-state index in [9.17, 15) is 25.1 Å². The average Bonchev–Trinajstić information content (AvgIpc) is 2.42. The van der Waals surface area contributed by atoms with Crippen LogP contribution in [0, 0.1) is 10.1 Å². The predicted octanol–water partition coefficient (Wildman–Crippen LogP) is 1.50. The molecule has 2 unspecified atom stereocenters. The highest BCUT2D eigenvalue weighted by molar-refractivity contribution is 5.94. The Kier molecular flexibility index (Phi) is 5.15. The first-order valence-corrected chi connectivity index (χ1v) is 5.54. The van der Waals surface area contributed by atoms with Crippen LogP contribution in [0.25, 0.3) is 10.4 Å². The zero-order valence-corrected chi connectivity index (χ0v) is 10.5. The summed E-state index contributed by atoms with van der Waals surface area (Å²) in [7, 11) is 0. The van der Waals surface area contributed by atoms with Crippen molar-refractivity contribution in [2.75, 3.05) is 6.54 Å². The molecule has 0 spiro atoms. The summed E-state index contributed by atoms with van der Waals surface area (Å²) in [5.41, 5.74) is 7.62. The molecule has 2 N–H and O–H groups in total. The quantitative estimate of drug-likeness (QED) is 0.202. The van der Waals surface area contributed by atoms with E-state index < -0.39 is 29.4 Å². The fourth-order valence-corrected chi connectivity index (χ4v) is 1.60. The number of nitro groups is 1.